The molecule has 0 spiro atoms. The molecule has 2 aromatic rings. The maximum absolute atomic E-state index is 9.95. The Bertz CT molecular complexity index is 558. The molecule has 0 saturated carbocycles. The van der Waals surface area contributed by atoms with E-state index in [2.05, 4.69) is 31.0 Å². The first-order valence-corrected chi connectivity index (χ1v) is 6.09. The van der Waals surface area contributed by atoms with Crippen LogP contribution in [0, 0.1) is 0 Å². The third kappa shape index (κ3) is 2.18. The fourth-order valence-electron chi connectivity index (χ4n) is 1.85. The topological polar surface area (TPSA) is 74.9 Å². The molecule has 0 bridgehead atoms. The first-order valence-electron chi connectivity index (χ1n) is 6.09. The molecule has 0 saturated heterocycles. The fraction of sp³-hybridized carbons (Fsp3) is 0.357. The van der Waals surface area contributed by atoms with Crippen molar-refractivity contribution in [3.05, 3.63) is 29.8 Å². The molecule has 0 radical (unpaired) electrons. The van der Waals surface area contributed by atoms with E-state index in [9.17, 15) is 5.11 Å². The number of nitrogens with one attached hydrogen (secondary N) is 1. The van der Waals surface area contributed by atoms with E-state index in [-0.39, 0.29) is 11.2 Å². The molecular weight excluding hydrogens is 226 g/mol. The summed E-state index contributed by atoms with van der Waals surface area (Å²) in [6.45, 7) is 6.52. The minimum atomic E-state index is 0.0774. The predicted octanol–water partition coefficient (Wildman–Crippen LogP) is 3.05. The van der Waals surface area contributed by atoms with Crippen molar-refractivity contribution in [3.8, 4) is 17.0 Å². The van der Waals surface area contributed by atoms with Crippen molar-refractivity contribution in [2.24, 2.45) is 0 Å². The lowest BCUT2D eigenvalue weighted by atomic mass is 9.81. The lowest BCUT2D eigenvalue weighted by Gasteiger charge is -2.24. The Kier molecular flexibility index (Phi) is 3.03. The molecule has 18 heavy (non-hydrogen) atoms. The highest BCUT2D eigenvalue weighted by Gasteiger charge is 2.20. The van der Waals surface area contributed by atoms with Gasteiger partial charge in [0.1, 0.15) is 11.6 Å². The Morgan fingerprint density at radius 2 is 2.06 bits per heavy atom. The summed E-state index contributed by atoms with van der Waals surface area (Å²) in [6.07, 6.45) is 1.03. The Labute approximate surface area is 107 Å². The van der Waals surface area contributed by atoms with E-state index in [1.807, 2.05) is 12.1 Å². The average Bonchev–Trinajstić information content (AvgIpc) is 2.76. The van der Waals surface area contributed by atoms with Crippen LogP contribution in [0.4, 0.5) is 5.82 Å². The quantitative estimate of drug-likeness (QED) is 0.778. The van der Waals surface area contributed by atoms with E-state index in [4.69, 9.17) is 5.73 Å². The number of anilines is 1. The third-order valence-corrected chi connectivity index (χ3v) is 3.55. The second kappa shape index (κ2) is 4.37. The van der Waals surface area contributed by atoms with Gasteiger partial charge >= 0.3 is 0 Å². The Hall–Kier alpha value is -1.97. The highest BCUT2D eigenvalue weighted by molar-refractivity contribution is 5.69. The van der Waals surface area contributed by atoms with Crippen LogP contribution in [0.25, 0.3) is 11.3 Å². The molecule has 0 fully saturated rings. The van der Waals surface area contributed by atoms with Gasteiger partial charge in [0.25, 0.3) is 0 Å². The molecule has 1 heterocycles. The van der Waals surface area contributed by atoms with Crippen molar-refractivity contribution in [2.75, 3.05) is 5.73 Å². The van der Waals surface area contributed by atoms with Crippen molar-refractivity contribution in [1.82, 2.24) is 10.2 Å². The van der Waals surface area contributed by atoms with Gasteiger partial charge in [-0.2, -0.15) is 5.10 Å². The number of phenols is 1. The molecule has 96 valence electrons. The van der Waals surface area contributed by atoms with Crippen LogP contribution >= 0.6 is 0 Å². The summed E-state index contributed by atoms with van der Waals surface area (Å²) in [4.78, 5) is 0. The first-order chi connectivity index (χ1) is 8.44. The molecule has 1 aromatic heterocycles. The van der Waals surface area contributed by atoms with Gasteiger partial charge in [-0.3, -0.25) is 5.10 Å². The lowest BCUT2D eigenvalue weighted by Crippen LogP contribution is -2.15. The Morgan fingerprint density at radius 1 is 1.33 bits per heavy atom. The van der Waals surface area contributed by atoms with Crippen LogP contribution in [-0.2, 0) is 5.41 Å². The molecule has 0 amide bonds. The van der Waals surface area contributed by atoms with Crippen molar-refractivity contribution in [1.29, 1.82) is 0 Å². The van der Waals surface area contributed by atoms with E-state index in [1.54, 1.807) is 12.1 Å². The molecule has 2 rings (SSSR count). The molecule has 4 N–H and O–H groups in total. The summed E-state index contributed by atoms with van der Waals surface area (Å²) in [5, 5.41) is 16.7. The maximum atomic E-state index is 9.95. The van der Waals surface area contributed by atoms with Gasteiger partial charge < -0.3 is 10.8 Å². The van der Waals surface area contributed by atoms with E-state index in [0.29, 0.717) is 5.82 Å². The van der Waals surface area contributed by atoms with E-state index in [0.717, 1.165) is 17.7 Å². The lowest BCUT2D eigenvalue weighted by molar-refractivity contribution is 0.473. The summed E-state index contributed by atoms with van der Waals surface area (Å²) < 4.78 is 0. The number of aromatic hydroxyl groups is 1. The van der Waals surface area contributed by atoms with Gasteiger partial charge in [0.05, 0.1) is 5.69 Å². The summed E-state index contributed by atoms with van der Waals surface area (Å²) in [5.74, 6) is 0.652. The normalized spacial score (nSPS) is 11.7. The number of aromatic nitrogens is 2. The molecule has 0 atom stereocenters. The van der Waals surface area contributed by atoms with Crippen LogP contribution in [-0.4, -0.2) is 15.3 Å². The van der Waals surface area contributed by atoms with Gasteiger partial charge in [-0.1, -0.05) is 26.8 Å². The minimum absolute atomic E-state index is 0.0774. The van der Waals surface area contributed by atoms with Crippen molar-refractivity contribution < 1.29 is 5.11 Å². The van der Waals surface area contributed by atoms with Crippen molar-refractivity contribution in [2.45, 2.75) is 32.6 Å². The van der Waals surface area contributed by atoms with Crippen LogP contribution in [0.5, 0.6) is 5.75 Å². The Balaban J connectivity index is 2.51. The zero-order valence-electron chi connectivity index (χ0n) is 11.0. The SMILES string of the molecule is CCC(C)(C)c1ccc(O)c(-c2cc(N)n[nH]2)c1. The standard InChI is InChI=1S/C14H19N3O/c1-4-14(2,3)9-5-6-12(18)10(7-9)11-8-13(15)17-16-11/h5-8,18H,4H2,1-3H3,(H3,15,16,17). The second-order valence-electron chi connectivity index (χ2n) is 5.18. The molecule has 0 aliphatic heterocycles. The van der Waals surface area contributed by atoms with E-state index >= 15 is 0 Å². The monoisotopic (exact) mass is 245 g/mol. The van der Waals surface area contributed by atoms with Gasteiger partial charge in [0.15, 0.2) is 0 Å². The molecule has 0 unspecified atom stereocenters. The van der Waals surface area contributed by atoms with Crippen LogP contribution in [0.2, 0.25) is 0 Å². The summed E-state index contributed by atoms with van der Waals surface area (Å²) in [7, 11) is 0. The summed E-state index contributed by atoms with van der Waals surface area (Å²) in [5.41, 5.74) is 8.32. The van der Waals surface area contributed by atoms with Crippen LogP contribution < -0.4 is 5.73 Å². The number of benzene rings is 1. The summed E-state index contributed by atoms with van der Waals surface area (Å²) in [6, 6.07) is 7.39. The number of nitrogen functional groups attached to an aromatic ring is 1. The Morgan fingerprint density at radius 3 is 2.61 bits per heavy atom. The van der Waals surface area contributed by atoms with Crippen LogP contribution in [0.3, 0.4) is 0 Å². The molecule has 0 aliphatic rings. The fourth-order valence-corrected chi connectivity index (χ4v) is 1.85. The van der Waals surface area contributed by atoms with Crippen molar-refractivity contribution in [3.63, 3.8) is 0 Å². The van der Waals surface area contributed by atoms with Gasteiger partial charge in [-0.05, 0) is 29.5 Å². The van der Waals surface area contributed by atoms with Crippen molar-refractivity contribution >= 4 is 5.82 Å². The number of hydrogen-bond acceptors (Lipinski definition) is 3. The number of phenolic OH excluding ortho intramolecular Hbond substituents is 1. The highest BCUT2D eigenvalue weighted by atomic mass is 16.3. The van der Waals surface area contributed by atoms with Gasteiger partial charge in [-0.25, -0.2) is 0 Å². The zero-order chi connectivity index (χ0) is 13.3. The largest absolute Gasteiger partial charge is 0.507 e. The molecule has 0 aliphatic carbocycles. The van der Waals surface area contributed by atoms with Gasteiger partial charge in [0.2, 0.25) is 0 Å². The smallest absolute Gasteiger partial charge is 0.145 e. The summed E-state index contributed by atoms with van der Waals surface area (Å²) >= 11 is 0. The van der Waals surface area contributed by atoms with E-state index < -0.39 is 0 Å². The van der Waals surface area contributed by atoms with Gasteiger partial charge in [-0.15, -0.1) is 0 Å². The number of nitrogens with two attached hydrogens (primary N) is 1. The van der Waals surface area contributed by atoms with Crippen LogP contribution in [0.15, 0.2) is 24.3 Å². The number of aromatic amines is 1. The number of H-pyrrole nitrogens is 1. The van der Waals surface area contributed by atoms with Crippen LogP contribution in [0.1, 0.15) is 32.8 Å². The maximum Gasteiger partial charge on any atom is 0.145 e. The minimum Gasteiger partial charge on any atom is -0.507 e. The predicted molar refractivity (Wildman–Crippen MR) is 73.4 cm³/mol. The second-order valence-corrected chi connectivity index (χ2v) is 5.18. The zero-order valence-corrected chi connectivity index (χ0v) is 11.0. The highest BCUT2D eigenvalue weighted by Crippen LogP contribution is 2.35. The van der Waals surface area contributed by atoms with E-state index in [1.165, 1.54) is 5.56 Å². The number of rotatable bonds is 3. The first kappa shape index (κ1) is 12.5. The molecule has 1 aromatic carbocycles. The molecular formula is C14H19N3O. The molecule has 4 nitrogen and oxygen atoms in total. The number of nitrogens with zero attached hydrogens (tertiary/aromatic N) is 1. The molecule has 4 heteroatoms. The third-order valence-electron chi connectivity index (χ3n) is 3.55. The average molecular weight is 245 g/mol. The van der Waals surface area contributed by atoms with Gasteiger partial charge in [0, 0.05) is 11.6 Å². The number of hydrogen-bond donors (Lipinski definition) is 3.